The van der Waals surface area contributed by atoms with Crippen molar-refractivity contribution < 1.29 is 14.2 Å². The summed E-state index contributed by atoms with van der Waals surface area (Å²) in [5, 5.41) is 6.87. The minimum atomic E-state index is 0.510. The van der Waals surface area contributed by atoms with Gasteiger partial charge in [0.05, 0.1) is 27.0 Å². The molecule has 6 heteroatoms. The Morgan fingerprint density at radius 1 is 1.00 bits per heavy atom. The third-order valence-electron chi connectivity index (χ3n) is 1.82. The summed E-state index contributed by atoms with van der Waals surface area (Å²) >= 11 is 0. The maximum absolute atomic E-state index is 5.14. The number of hydrogen-bond donors (Lipinski definition) is 1. The molecule has 0 aliphatic rings. The van der Waals surface area contributed by atoms with Crippen LogP contribution in [-0.2, 0) is 0 Å². The van der Waals surface area contributed by atoms with Gasteiger partial charge in [0.2, 0.25) is 5.75 Å². The van der Waals surface area contributed by atoms with Crippen molar-refractivity contribution >= 4 is 5.69 Å². The SMILES string of the molecule is COc1cc(N=NN)cc(OC)c1OC. The Morgan fingerprint density at radius 2 is 1.53 bits per heavy atom. The summed E-state index contributed by atoms with van der Waals surface area (Å²) in [5.41, 5.74) is 0.534. The molecule has 0 unspecified atom stereocenters. The smallest absolute Gasteiger partial charge is 0.203 e. The Bertz CT molecular complexity index is 341. The van der Waals surface area contributed by atoms with Gasteiger partial charge in [0.25, 0.3) is 0 Å². The molecule has 0 aliphatic carbocycles. The van der Waals surface area contributed by atoms with Crippen LogP contribution in [-0.4, -0.2) is 21.3 Å². The van der Waals surface area contributed by atoms with Gasteiger partial charge in [-0.05, 0) is 0 Å². The van der Waals surface area contributed by atoms with Crippen molar-refractivity contribution in [3.05, 3.63) is 12.1 Å². The molecule has 0 fully saturated rings. The van der Waals surface area contributed by atoms with Gasteiger partial charge in [0.1, 0.15) is 0 Å². The van der Waals surface area contributed by atoms with Crippen molar-refractivity contribution in [2.45, 2.75) is 0 Å². The predicted molar refractivity (Wildman–Crippen MR) is 54.8 cm³/mol. The average Bonchev–Trinajstić information content (AvgIpc) is 2.28. The van der Waals surface area contributed by atoms with Gasteiger partial charge in [0.15, 0.2) is 11.5 Å². The number of ether oxygens (including phenoxy) is 3. The van der Waals surface area contributed by atoms with Crippen LogP contribution >= 0.6 is 0 Å². The molecule has 1 aromatic rings. The second-order valence-electron chi connectivity index (χ2n) is 2.60. The second-order valence-corrected chi connectivity index (χ2v) is 2.60. The highest BCUT2D eigenvalue weighted by Gasteiger charge is 2.12. The molecule has 0 atom stereocenters. The first-order valence-electron chi connectivity index (χ1n) is 4.17. The van der Waals surface area contributed by atoms with Crippen LogP contribution in [0.25, 0.3) is 0 Å². The van der Waals surface area contributed by atoms with Crippen LogP contribution in [0.2, 0.25) is 0 Å². The van der Waals surface area contributed by atoms with Crippen molar-refractivity contribution in [1.29, 1.82) is 0 Å². The summed E-state index contributed by atoms with van der Waals surface area (Å²) in [7, 11) is 4.59. The van der Waals surface area contributed by atoms with Crippen LogP contribution < -0.4 is 20.1 Å². The van der Waals surface area contributed by atoms with E-state index in [4.69, 9.17) is 20.1 Å². The topological polar surface area (TPSA) is 78.4 Å². The van der Waals surface area contributed by atoms with E-state index >= 15 is 0 Å². The Kier molecular flexibility index (Phi) is 3.73. The van der Waals surface area contributed by atoms with Crippen molar-refractivity contribution in [3.8, 4) is 17.2 Å². The average molecular weight is 211 g/mol. The quantitative estimate of drug-likeness (QED) is 0.466. The van der Waals surface area contributed by atoms with E-state index in [1.165, 1.54) is 21.3 Å². The summed E-state index contributed by atoms with van der Waals surface area (Å²) in [5.74, 6) is 6.50. The molecule has 2 N–H and O–H groups in total. The van der Waals surface area contributed by atoms with Crippen LogP contribution in [0.1, 0.15) is 0 Å². The lowest BCUT2D eigenvalue weighted by Gasteiger charge is -2.11. The molecular formula is C9H13N3O3. The lowest BCUT2D eigenvalue weighted by molar-refractivity contribution is 0.324. The summed E-state index contributed by atoms with van der Waals surface area (Å²) < 4.78 is 15.4. The molecule has 0 heterocycles. The summed E-state index contributed by atoms with van der Waals surface area (Å²) in [4.78, 5) is 0. The molecule has 0 saturated carbocycles. The third kappa shape index (κ3) is 2.28. The number of methoxy groups -OCH3 is 3. The maximum atomic E-state index is 5.14. The van der Waals surface area contributed by atoms with E-state index in [0.717, 1.165) is 0 Å². The Morgan fingerprint density at radius 3 is 1.87 bits per heavy atom. The van der Waals surface area contributed by atoms with E-state index in [2.05, 4.69) is 10.3 Å². The molecule has 0 saturated heterocycles. The van der Waals surface area contributed by atoms with Gasteiger partial charge in [-0.1, -0.05) is 5.22 Å². The number of nitrogens with two attached hydrogens (primary N) is 1. The minimum Gasteiger partial charge on any atom is -0.493 e. The number of rotatable bonds is 4. The lowest BCUT2D eigenvalue weighted by Crippen LogP contribution is -1.94. The van der Waals surface area contributed by atoms with Crippen LogP contribution in [0, 0.1) is 0 Å². The summed E-state index contributed by atoms with van der Waals surface area (Å²) in [6.07, 6.45) is 0. The minimum absolute atomic E-state index is 0.510. The number of hydrogen-bond acceptors (Lipinski definition) is 5. The highest BCUT2D eigenvalue weighted by Crippen LogP contribution is 2.40. The third-order valence-corrected chi connectivity index (χ3v) is 1.82. The van der Waals surface area contributed by atoms with Crippen LogP contribution in [0.4, 0.5) is 5.69 Å². The van der Waals surface area contributed by atoms with Gasteiger partial charge >= 0.3 is 0 Å². The van der Waals surface area contributed by atoms with Crippen molar-refractivity contribution in [3.63, 3.8) is 0 Å². The van der Waals surface area contributed by atoms with Crippen molar-refractivity contribution in [2.75, 3.05) is 21.3 Å². The first kappa shape index (κ1) is 11.1. The fourth-order valence-corrected chi connectivity index (χ4v) is 1.19. The summed E-state index contributed by atoms with van der Waals surface area (Å²) in [6.45, 7) is 0. The van der Waals surface area contributed by atoms with Gasteiger partial charge in [-0.25, -0.2) is 0 Å². The van der Waals surface area contributed by atoms with Gasteiger partial charge in [0, 0.05) is 12.1 Å². The molecular weight excluding hydrogens is 198 g/mol. The molecule has 0 spiro atoms. The van der Waals surface area contributed by atoms with Crippen LogP contribution in [0.3, 0.4) is 0 Å². The van der Waals surface area contributed by atoms with E-state index in [9.17, 15) is 0 Å². The van der Waals surface area contributed by atoms with Crippen molar-refractivity contribution in [2.24, 2.45) is 16.2 Å². The van der Waals surface area contributed by atoms with E-state index < -0.39 is 0 Å². The van der Waals surface area contributed by atoms with E-state index in [0.29, 0.717) is 22.9 Å². The van der Waals surface area contributed by atoms with Gasteiger partial charge in [-0.2, -0.15) is 0 Å². The molecule has 1 rings (SSSR count). The number of benzene rings is 1. The van der Waals surface area contributed by atoms with E-state index in [1.54, 1.807) is 12.1 Å². The molecule has 0 bridgehead atoms. The monoisotopic (exact) mass is 211 g/mol. The molecule has 0 amide bonds. The molecule has 15 heavy (non-hydrogen) atoms. The second kappa shape index (κ2) is 5.04. The Labute approximate surface area is 87.6 Å². The van der Waals surface area contributed by atoms with Gasteiger partial charge < -0.3 is 20.1 Å². The zero-order valence-electron chi connectivity index (χ0n) is 8.85. The Hall–Kier alpha value is -1.98. The zero-order valence-corrected chi connectivity index (χ0v) is 8.85. The highest BCUT2D eigenvalue weighted by molar-refractivity contribution is 5.60. The molecule has 0 radical (unpaired) electrons. The maximum Gasteiger partial charge on any atom is 0.203 e. The van der Waals surface area contributed by atoms with Crippen molar-refractivity contribution in [1.82, 2.24) is 0 Å². The standard InChI is InChI=1S/C9H13N3O3/c1-13-7-4-6(11-12-10)5-8(14-2)9(7)15-3/h4-5H,1-3H3,(H2,10,11). The largest absolute Gasteiger partial charge is 0.493 e. The molecule has 82 valence electrons. The molecule has 6 nitrogen and oxygen atoms in total. The van der Waals surface area contributed by atoms with Gasteiger partial charge in [-0.15, -0.1) is 5.11 Å². The van der Waals surface area contributed by atoms with Crippen LogP contribution in [0.15, 0.2) is 22.5 Å². The van der Waals surface area contributed by atoms with E-state index in [1.807, 2.05) is 0 Å². The highest BCUT2D eigenvalue weighted by atomic mass is 16.5. The zero-order chi connectivity index (χ0) is 11.3. The fourth-order valence-electron chi connectivity index (χ4n) is 1.19. The first-order valence-corrected chi connectivity index (χ1v) is 4.17. The normalized spacial score (nSPS) is 10.3. The molecule has 0 aromatic heterocycles. The molecule has 1 aromatic carbocycles. The first-order chi connectivity index (χ1) is 7.26. The van der Waals surface area contributed by atoms with E-state index in [-0.39, 0.29) is 0 Å². The predicted octanol–water partition coefficient (Wildman–Crippen LogP) is 1.67. The Balaban J connectivity index is 3.28. The number of nitrogens with zero attached hydrogens (tertiary/aromatic N) is 2. The fraction of sp³-hybridized carbons (Fsp3) is 0.333. The lowest BCUT2D eigenvalue weighted by atomic mass is 10.2. The molecule has 0 aliphatic heterocycles. The van der Waals surface area contributed by atoms with Crippen LogP contribution in [0.5, 0.6) is 17.2 Å². The summed E-state index contributed by atoms with van der Waals surface area (Å²) in [6, 6.07) is 3.30. The van der Waals surface area contributed by atoms with Gasteiger partial charge in [-0.3, -0.25) is 0 Å².